The van der Waals surface area contributed by atoms with Crippen molar-refractivity contribution in [2.24, 2.45) is 0 Å². The van der Waals surface area contributed by atoms with E-state index in [1.54, 1.807) is 0 Å². The number of hydrogen-bond donors (Lipinski definition) is 0. The van der Waals surface area contributed by atoms with Gasteiger partial charge in [-0.2, -0.15) is 0 Å². The maximum absolute atomic E-state index is 12.2. The summed E-state index contributed by atoms with van der Waals surface area (Å²) in [4.78, 5) is 4.35. The average Bonchev–Trinajstić information content (AvgIpc) is 2.42. The van der Waals surface area contributed by atoms with Gasteiger partial charge in [0.15, 0.2) is 0 Å². The molecule has 0 amide bonds. The number of hydrogen-bond acceptors (Lipinski definition) is 3. The van der Waals surface area contributed by atoms with Crippen LogP contribution < -0.4 is 4.74 Å². The Bertz CT molecular complexity index is 599. The maximum Gasteiger partial charge on any atom is 0.213 e. The molecule has 20 heavy (non-hydrogen) atoms. The van der Waals surface area contributed by atoms with Crippen LogP contribution in [0.2, 0.25) is 0 Å². The number of pyridine rings is 1. The number of rotatable bonds is 6. The van der Waals surface area contributed by atoms with E-state index in [9.17, 15) is 4.21 Å². The van der Waals surface area contributed by atoms with Crippen LogP contribution in [0.3, 0.4) is 0 Å². The van der Waals surface area contributed by atoms with Gasteiger partial charge in [0.1, 0.15) is 0 Å². The molecule has 0 spiro atoms. The van der Waals surface area contributed by atoms with Crippen molar-refractivity contribution in [2.75, 3.05) is 6.61 Å². The third kappa shape index (κ3) is 4.17. The second kappa shape index (κ2) is 7.20. The van der Waals surface area contributed by atoms with Crippen LogP contribution in [-0.2, 0) is 22.3 Å². The van der Waals surface area contributed by atoms with E-state index in [0.29, 0.717) is 24.0 Å². The summed E-state index contributed by atoms with van der Waals surface area (Å²) in [5, 5.41) is 0. The molecule has 0 aliphatic rings. The Morgan fingerprint density at radius 2 is 1.90 bits per heavy atom. The van der Waals surface area contributed by atoms with E-state index in [1.165, 1.54) is 5.56 Å². The highest BCUT2D eigenvalue weighted by atomic mass is 32.2. The van der Waals surface area contributed by atoms with Gasteiger partial charge in [0.2, 0.25) is 5.88 Å². The van der Waals surface area contributed by atoms with E-state index < -0.39 is 10.8 Å². The molecule has 4 heteroatoms. The molecule has 1 aromatic carbocycles. The fourth-order valence-corrected chi connectivity index (χ4v) is 3.19. The van der Waals surface area contributed by atoms with Crippen LogP contribution in [0, 0.1) is 6.92 Å². The summed E-state index contributed by atoms with van der Waals surface area (Å²) < 4.78 is 17.6. The molecule has 0 radical (unpaired) electrons. The van der Waals surface area contributed by atoms with Crippen molar-refractivity contribution in [3.63, 3.8) is 0 Å². The van der Waals surface area contributed by atoms with Gasteiger partial charge in [0.25, 0.3) is 0 Å². The zero-order valence-corrected chi connectivity index (χ0v) is 12.7. The van der Waals surface area contributed by atoms with Crippen LogP contribution in [0.1, 0.15) is 23.7 Å². The van der Waals surface area contributed by atoms with Crippen molar-refractivity contribution in [3.05, 3.63) is 59.3 Å². The molecule has 0 bridgehead atoms. The second-order valence-electron chi connectivity index (χ2n) is 4.56. The Morgan fingerprint density at radius 3 is 2.65 bits per heavy atom. The van der Waals surface area contributed by atoms with E-state index >= 15 is 0 Å². The molecule has 0 fully saturated rings. The second-order valence-corrected chi connectivity index (χ2v) is 6.01. The van der Waals surface area contributed by atoms with Gasteiger partial charge in [-0.1, -0.05) is 30.3 Å². The van der Waals surface area contributed by atoms with E-state index in [-0.39, 0.29) is 0 Å². The minimum atomic E-state index is -0.963. The van der Waals surface area contributed by atoms with Crippen molar-refractivity contribution in [2.45, 2.75) is 25.4 Å². The average molecular weight is 289 g/mol. The predicted octanol–water partition coefficient (Wildman–Crippen LogP) is 3.24. The molecule has 3 nitrogen and oxygen atoms in total. The quantitative estimate of drug-likeness (QED) is 0.819. The Kier molecular flexibility index (Phi) is 5.30. The summed E-state index contributed by atoms with van der Waals surface area (Å²) in [6.45, 7) is 4.55. The van der Waals surface area contributed by atoms with Gasteiger partial charge < -0.3 is 4.74 Å². The van der Waals surface area contributed by atoms with Crippen LogP contribution in [0.5, 0.6) is 5.88 Å². The fourth-order valence-electron chi connectivity index (χ4n) is 1.93. The number of benzene rings is 1. The number of nitrogens with zero attached hydrogens (tertiary/aromatic N) is 1. The summed E-state index contributed by atoms with van der Waals surface area (Å²) in [7, 11) is -0.963. The summed E-state index contributed by atoms with van der Waals surface area (Å²) in [6, 6.07) is 13.6. The fraction of sp³-hybridized carbons (Fsp3) is 0.312. The molecule has 2 rings (SSSR count). The van der Waals surface area contributed by atoms with Crippen LogP contribution >= 0.6 is 0 Å². The van der Waals surface area contributed by atoms with Gasteiger partial charge in [0, 0.05) is 22.6 Å². The largest absolute Gasteiger partial charge is 0.478 e. The van der Waals surface area contributed by atoms with Crippen LogP contribution in [0.4, 0.5) is 0 Å². The van der Waals surface area contributed by atoms with Gasteiger partial charge in [0.05, 0.1) is 18.1 Å². The first-order valence-electron chi connectivity index (χ1n) is 6.67. The van der Waals surface area contributed by atoms with Gasteiger partial charge in [-0.25, -0.2) is 4.98 Å². The van der Waals surface area contributed by atoms with E-state index in [4.69, 9.17) is 4.74 Å². The highest BCUT2D eigenvalue weighted by Crippen LogP contribution is 2.13. The minimum Gasteiger partial charge on any atom is -0.478 e. The van der Waals surface area contributed by atoms with E-state index in [2.05, 4.69) is 4.98 Å². The minimum absolute atomic E-state index is 0.454. The Labute approximate surface area is 122 Å². The third-order valence-corrected chi connectivity index (χ3v) is 4.21. The molecule has 0 aliphatic carbocycles. The monoisotopic (exact) mass is 289 g/mol. The summed E-state index contributed by atoms with van der Waals surface area (Å²) in [5.41, 5.74) is 3.12. The molecule has 0 saturated carbocycles. The molecular formula is C16H19NO2S. The zero-order valence-electron chi connectivity index (χ0n) is 11.8. The maximum atomic E-state index is 12.2. The van der Waals surface area contributed by atoms with Crippen molar-refractivity contribution in [1.82, 2.24) is 4.98 Å². The van der Waals surface area contributed by atoms with Gasteiger partial charge in [-0.05, 0) is 31.0 Å². The molecule has 1 heterocycles. The summed E-state index contributed by atoms with van der Waals surface area (Å²) in [5.74, 6) is 1.61. The molecule has 1 atom stereocenters. The molecule has 2 aromatic rings. The SMILES string of the molecule is CCOc1cccc(C[S@@](=O)Cc2ccccc2C)n1. The van der Waals surface area contributed by atoms with Crippen molar-refractivity contribution in [1.29, 1.82) is 0 Å². The highest BCUT2D eigenvalue weighted by Gasteiger charge is 2.07. The molecule has 1 aromatic heterocycles. The van der Waals surface area contributed by atoms with Gasteiger partial charge in [-0.15, -0.1) is 0 Å². The lowest BCUT2D eigenvalue weighted by molar-refractivity contribution is 0.326. The van der Waals surface area contributed by atoms with Crippen molar-refractivity contribution >= 4 is 10.8 Å². The molecule has 0 N–H and O–H groups in total. The first-order chi connectivity index (χ1) is 9.69. The molecule has 106 valence electrons. The molecule has 0 aliphatic heterocycles. The van der Waals surface area contributed by atoms with Crippen molar-refractivity contribution < 1.29 is 8.95 Å². The Morgan fingerprint density at radius 1 is 1.10 bits per heavy atom. The smallest absolute Gasteiger partial charge is 0.213 e. The van der Waals surface area contributed by atoms with Crippen LogP contribution in [0.15, 0.2) is 42.5 Å². The standard InChI is InChI=1S/C16H19NO2S/c1-3-19-16-10-6-9-15(17-16)12-20(18)11-14-8-5-4-7-13(14)2/h4-10H,3,11-12H2,1-2H3/t20-/m0/s1. The summed E-state index contributed by atoms with van der Waals surface area (Å²) in [6.07, 6.45) is 0. The van der Waals surface area contributed by atoms with E-state index in [1.807, 2.05) is 56.3 Å². The first kappa shape index (κ1) is 14.7. The third-order valence-electron chi connectivity index (χ3n) is 2.96. The van der Waals surface area contributed by atoms with Crippen LogP contribution in [0.25, 0.3) is 0 Å². The first-order valence-corrected chi connectivity index (χ1v) is 8.16. The normalized spacial score (nSPS) is 12.1. The Hall–Kier alpha value is -1.68. The van der Waals surface area contributed by atoms with Crippen molar-refractivity contribution in [3.8, 4) is 5.88 Å². The number of aromatic nitrogens is 1. The Balaban J connectivity index is 2.01. The lowest BCUT2D eigenvalue weighted by atomic mass is 10.1. The van der Waals surface area contributed by atoms with Gasteiger partial charge >= 0.3 is 0 Å². The van der Waals surface area contributed by atoms with E-state index in [0.717, 1.165) is 11.3 Å². The molecular weight excluding hydrogens is 270 g/mol. The van der Waals surface area contributed by atoms with Gasteiger partial charge in [-0.3, -0.25) is 4.21 Å². The predicted molar refractivity (Wildman–Crippen MR) is 82.1 cm³/mol. The lowest BCUT2D eigenvalue weighted by Gasteiger charge is -2.07. The zero-order chi connectivity index (χ0) is 14.4. The van der Waals surface area contributed by atoms with Crippen LogP contribution in [-0.4, -0.2) is 15.8 Å². The highest BCUT2D eigenvalue weighted by molar-refractivity contribution is 7.83. The lowest BCUT2D eigenvalue weighted by Crippen LogP contribution is -2.03. The molecule has 0 unspecified atom stereocenters. The molecule has 0 saturated heterocycles. The number of ether oxygens (including phenoxy) is 1. The number of aryl methyl sites for hydroxylation is 1. The topological polar surface area (TPSA) is 39.2 Å². The summed E-state index contributed by atoms with van der Waals surface area (Å²) >= 11 is 0.